The molecule has 0 radical (unpaired) electrons. The Morgan fingerprint density at radius 2 is 2.25 bits per heavy atom. The molecule has 0 bridgehead atoms. The molecular weight excluding hydrogens is 146 g/mol. The van der Waals surface area contributed by atoms with Gasteiger partial charge in [0.05, 0.1) is 0 Å². The van der Waals surface area contributed by atoms with Crippen LogP contribution in [0.2, 0.25) is 0 Å². The minimum atomic E-state index is 0.897. The minimum Gasteiger partial charge on any atom is -0.314 e. The molecule has 1 heteroatoms. The summed E-state index contributed by atoms with van der Waals surface area (Å²) in [6, 6.07) is 0.897. The van der Waals surface area contributed by atoms with Gasteiger partial charge in [0.1, 0.15) is 0 Å². The molecule has 1 unspecified atom stereocenters. The first-order valence-corrected chi connectivity index (χ1v) is 5.50. The average Bonchev–Trinajstić information content (AvgIpc) is 2.59. The van der Waals surface area contributed by atoms with Gasteiger partial charge in [0.25, 0.3) is 0 Å². The maximum atomic E-state index is 3.62. The van der Waals surface area contributed by atoms with Gasteiger partial charge in [0, 0.05) is 6.04 Å². The maximum Gasteiger partial charge on any atom is 0.00985 e. The van der Waals surface area contributed by atoms with Gasteiger partial charge >= 0.3 is 0 Å². The summed E-state index contributed by atoms with van der Waals surface area (Å²) >= 11 is 0. The second kappa shape index (κ2) is 3.37. The molecule has 0 spiro atoms. The van der Waals surface area contributed by atoms with Gasteiger partial charge in [-0.2, -0.15) is 0 Å². The molecule has 12 heavy (non-hydrogen) atoms. The molecule has 1 nitrogen and oxygen atoms in total. The van der Waals surface area contributed by atoms with Crippen LogP contribution in [0, 0.1) is 17.8 Å². The van der Waals surface area contributed by atoms with Crippen molar-refractivity contribution in [1.29, 1.82) is 0 Å². The fourth-order valence-electron chi connectivity index (χ4n) is 2.72. The molecule has 3 atom stereocenters. The Kier molecular flexibility index (Phi) is 2.40. The molecule has 0 aromatic heterocycles. The Morgan fingerprint density at radius 3 is 2.83 bits per heavy atom. The number of hydrogen-bond donors (Lipinski definition) is 1. The van der Waals surface area contributed by atoms with Crippen LogP contribution < -0.4 is 5.32 Å². The van der Waals surface area contributed by atoms with E-state index in [1.165, 1.54) is 32.2 Å². The lowest BCUT2D eigenvalue weighted by Crippen LogP contribution is -2.24. The zero-order chi connectivity index (χ0) is 8.55. The van der Waals surface area contributed by atoms with Crippen molar-refractivity contribution in [2.24, 2.45) is 17.8 Å². The van der Waals surface area contributed by atoms with E-state index in [0.29, 0.717) is 0 Å². The van der Waals surface area contributed by atoms with E-state index in [2.05, 4.69) is 19.2 Å². The van der Waals surface area contributed by atoms with Crippen molar-refractivity contribution in [1.82, 2.24) is 5.32 Å². The van der Waals surface area contributed by atoms with Crippen LogP contribution in [0.3, 0.4) is 0 Å². The molecule has 1 heterocycles. The molecule has 2 aliphatic rings. The third-order valence-corrected chi connectivity index (χ3v) is 3.37. The fourth-order valence-corrected chi connectivity index (χ4v) is 2.72. The van der Waals surface area contributed by atoms with Crippen molar-refractivity contribution in [2.75, 3.05) is 6.54 Å². The predicted octanol–water partition coefficient (Wildman–Crippen LogP) is 2.42. The first-order chi connectivity index (χ1) is 5.77. The van der Waals surface area contributed by atoms with Crippen LogP contribution in [-0.2, 0) is 0 Å². The number of hydrogen-bond acceptors (Lipinski definition) is 1. The van der Waals surface area contributed by atoms with Crippen LogP contribution in [0.25, 0.3) is 0 Å². The molecule has 2 rings (SSSR count). The van der Waals surface area contributed by atoms with E-state index in [-0.39, 0.29) is 0 Å². The van der Waals surface area contributed by atoms with Crippen LogP contribution in [0.5, 0.6) is 0 Å². The second-order valence-electron chi connectivity index (χ2n) is 4.99. The third-order valence-electron chi connectivity index (χ3n) is 3.37. The molecule has 70 valence electrons. The van der Waals surface area contributed by atoms with E-state index in [0.717, 1.165) is 23.8 Å². The lowest BCUT2D eigenvalue weighted by molar-refractivity contribution is 0.454. The van der Waals surface area contributed by atoms with E-state index < -0.39 is 0 Å². The number of nitrogens with one attached hydrogen (secondary N) is 1. The van der Waals surface area contributed by atoms with Gasteiger partial charge in [0.15, 0.2) is 0 Å². The van der Waals surface area contributed by atoms with Gasteiger partial charge < -0.3 is 5.32 Å². The van der Waals surface area contributed by atoms with Gasteiger partial charge in [-0.25, -0.2) is 0 Å². The Morgan fingerprint density at radius 1 is 1.42 bits per heavy atom. The zero-order valence-electron chi connectivity index (χ0n) is 8.34. The molecule has 1 aliphatic heterocycles. The van der Waals surface area contributed by atoms with Crippen molar-refractivity contribution >= 4 is 0 Å². The lowest BCUT2D eigenvalue weighted by atomic mass is 10.0. The standard InChI is InChI=1S/C11H21N/c1-8(2)6-9-7-10(9)11-4-3-5-12-11/h8-12H,3-7H2,1-2H3/t9-,10-,11?/m1/s1. The van der Waals surface area contributed by atoms with Gasteiger partial charge in [0.2, 0.25) is 0 Å². The second-order valence-corrected chi connectivity index (χ2v) is 4.99. The first-order valence-electron chi connectivity index (χ1n) is 5.50. The smallest absolute Gasteiger partial charge is 0.00985 e. The molecule has 1 saturated carbocycles. The van der Waals surface area contributed by atoms with Crippen LogP contribution in [-0.4, -0.2) is 12.6 Å². The van der Waals surface area contributed by atoms with Crippen molar-refractivity contribution in [2.45, 2.75) is 45.6 Å². The normalized spacial score (nSPS) is 40.8. The van der Waals surface area contributed by atoms with Gasteiger partial charge in [-0.15, -0.1) is 0 Å². The monoisotopic (exact) mass is 167 g/mol. The van der Waals surface area contributed by atoms with E-state index in [1.54, 1.807) is 0 Å². The molecule has 2 fully saturated rings. The highest BCUT2D eigenvalue weighted by atomic mass is 15.0. The average molecular weight is 167 g/mol. The van der Waals surface area contributed by atoms with E-state index >= 15 is 0 Å². The fraction of sp³-hybridized carbons (Fsp3) is 1.00. The highest BCUT2D eigenvalue weighted by molar-refractivity contribution is 4.96. The highest BCUT2D eigenvalue weighted by Crippen LogP contribution is 2.47. The largest absolute Gasteiger partial charge is 0.314 e. The highest BCUT2D eigenvalue weighted by Gasteiger charge is 2.43. The predicted molar refractivity (Wildman–Crippen MR) is 52.1 cm³/mol. The van der Waals surface area contributed by atoms with Crippen molar-refractivity contribution < 1.29 is 0 Å². The molecule has 1 aliphatic carbocycles. The summed E-state index contributed by atoms with van der Waals surface area (Å²) in [7, 11) is 0. The van der Waals surface area contributed by atoms with Crippen LogP contribution in [0.1, 0.15) is 39.5 Å². The Balaban J connectivity index is 1.72. The summed E-state index contributed by atoms with van der Waals surface area (Å²) in [5.74, 6) is 3.02. The summed E-state index contributed by atoms with van der Waals surface area (Å²) in [6.07, 6.45) is 5.83. The molecule has 0 amide bonds. The zero-order valence-corrected chi connectivity index (χ0v) is 8.34. The van der Waals surface area contributed by atoms with E-state index in [4.69, 9.17) is 0 Å². The summed E-state index contributed by atoms with van der Waals surface area (Å²) in [4.78, 5) is 0. The summed E-state index contributed by atoms with van der Waals surface area (Å²) < 4.78 is 0. The van der Waals surface area contributed by atoms with Crippen molar-refractivity contribution in [3.8, 4) is 0 Å². The summed E-state index contributed by atoms with van der Waals surface area (Å²) in [5, 5.41) is 3.62. The minimum absolute atomic E-state index is 0.897. The van der Waals surface area contributed by atoms with Crippen LogP contribution in [0.4, 0.5) is 0 Å². The van der Waals surface area contributed by atoms with Gasteiger partial charge in [-0.05, 0) is 50.0 Å². The first kappa shape index (κ1) is 8.55. The maximum absolute atomic E-state index is 3.62. The Hall–Kier alpha value is -0.0400. The quantitative estimate of drug-likeness (QED) is 0.680. The van der Waals surface area contributed by atoms with Crippen molar-refractivity contribution in [3.05, 3.63) is 0 Å². The topological polar surface area (TPSA) is 12.0 Å². The van der Waals surface area contributed by atoms with E-state index in [1.807, 2.05) is 0 Å². The summed E-state index contributed by atoms with van der Waals surface area (Å²) in [6.45, 7) is 5.96. The van der Waals surface area contributed by atoms with Gasteiger partial charge in [-0.3, -0.25) is 0 Å². The Labute approximate surface area is 75.9 Å². The molecule has 1 saturated heterocycles. The van der Waals surface area contributed by atoms with Crippen LogP contribution in [0.15, 0.2) is 0 Å². The lowest BCUT2D eigenvalue weighted by Gasteiger charge is -2.09. The Bertz CT molecular complexity index is 147. The number of rotatable bonds is 3. The van der Waals surface area contributed by atoms with Gasteiger partial charge in [-0.1, -0.05) is 13.8 Å². The SMILES string of the molecule is CC(C)C[C@@H]1C[C@H]1C1CCCN1. The molecule has 0 aromatic carbocycles. The third kappa shape index (κ3) is 1.82. The molecular formula is C11H21N. The molecule has 1 N–H and O–H groups in total. The van der Waals surface area contributed by atoms with Crippen LogP contribution >= 0.6 is 0 Å². The summed E-state index contributed by atoms with van der Waals surface area (Å²) in [5.41, 5.74) is 0. The van der Waals surface area contributed by atoms with Crippen molar-refractivity contribution in [3.63, 3.8) is 0 Å². The van der Waals surface area contributed by atoms with E-state index in [9.17, 15) is 0 Å². The molecule has 0 aromatic rings.